The predicted octanol–water partition coefficient (Wildman–Crippen LogP) is 3.59. The molecule has 3 aromatic rings. The maximum Gasteiger partial charge on any atom is 0.446 e. The molecule has 0 amide bonds. The van der Waals surface area contributed by atoms with Gasteiger partial charge in [0.2, 0.25) is 0 Å². The normalized spacial score (nSPS) is 10.9. The molecule has 16 heteroatoms. The van der Waals surface area contributed by atoms with Gasteiger partial charge >= 0.3 is 31.2 Å². The third-order valence-electron chi connectivity index (χ3n) is 3.67. The van der Waals surface area contributed by atoms with E-state index in [1.165, 1.54) is 36.4 Å². The fourth-order valence-electron chi connectivity index (χ4n) is 2.15. The molecule has 0 aliphatic heterocycles. The first kappa shape index (κ1) is 34.2. The lowest BCUT2D eigenvalue weighted by Gasteiger charge is -2.00. The Hall–Kier alpha value is -2.78. The van der Waals surface area contributed by atoms with Crippen LogP contribution in [0.4, 0.5) is 0 Å². The molecule has 1 atom stereocenters. The summed E-state index contributed by atoms with van der Waals surface area (Å²) in [5.74, 6) is 0.300. The summed E-state index contributed by atoms with van der Waals surface area (Å²) < 4.78 is 98.7. The van der Waals surface area contributed by atoms with Gasteiger partial charge < -0.3 is 12.5 Å². The minimum atomic E-state index is -4.39. The van der Waals surface area contributed by atoms with Crippen molar-refractivity contribution < 1.29 is 51.5 Å². The average molecular weight is 599 g/mol. The minimum absolute atomic E-state index is 0. The summed E-state index contributed by atoms with van der Waals surface area (Å²) in [5.41, 5.74) is 2.95. The van der Waals surface area contributed by atoms with E-state index in [0.717, 1.165) is 16.7 Å². The van der Waals surface area contributed by atoms with Crippen molar-refractivity contribution in [2.24, 2.45) is 0 Å². The second-order valence-corrected chi connectivity index (χ2v) is 10.0. The molecule has 0 aliphatic rings. The van der Waals surface area contributed by atoms with Crippen molar-refractivity contribution in [2.75, 3.05) is 0 Å². The fraction of sp³-hybridized carbons (Fsp3) is 0.143. The van der Waals surface area contributed by atoms with Crippen molar-refractivity contribution in [1.82, 2.24) is 0 Å². The zero-order valence-corrected chi connectivity index (χ0v) is 23.7. The summed E-state index contributed by atoms with van der Waals surface area (Å²) in [7, 11) is -13.2. The van der Waals surface area contributed by atoms with Crippen LogP contribution in [0.1, 0.15) is 16.7 Å². The smallest absolute Gasteiger partial charge is 0.362 e. The maximum absolute atomic E-state index is 10.2. The standard InChI is InChI=1S/3C7H8O4S.H3P/c3*1-6-2-4-7(5-3-6)11-12(8,9)10;/h3*2-5H,1H3,(H,8,9,10);1H3. The van der Waals surface area contributed by atoms with Crippen LogP contribution in [0.15, 0.2) is 72.8 Å². The van der Waals surface area contributed by atoms with Crippen LogP contribution < -0.4 is 12.5 Å². The lowest BCUT2D eigenvalue weighted by molar-refractivity contribution is 0.384. The number of hydrogen-bond acceptors (Lipinski definition) is 9. The summed E-state index contributed by atoms with van der Waals surface area (Å²) in [6.45, 7) is 5.58. The average Bonchev–Trinajstić information content (AvgIpc) is 2.71. The van der Waals surface area contributed by atoms with Gasteiger partial charge in [-0.05, 0) is 57.2 Å². The molecule has 1 unspecified atom stereocenters. The molecule has 0 saturated heterocycles. The molecule has 3 aromatic carbocycles. The van der Waals surface area contributed by atoms with Gasteiger partial charge in [-0.2, -0.15) is 35.2 Å². The highest BCUT2D eigenvalue weighted by atomic mass is 32.3. The Morgan fingerprint density at radius 3 is 0.730 bits per heavy atom. The Morgan fingerprint density at radius 2 is 0.595 bits per heavy atom. The SMILES string of the molecule is Cc1ccc(OS(=O)(=O)O)cc1.Cc1ccc(OS(=O)(=O)O)cc1.Cc1ccc(OS(=O)(=O)O)cc1.P. The quantitative estimate of drug-likeness (QED) is 0.276. The Balaban J connectivity index is 0.000000518. The number of aryl methyl sites for hydroxylation is 3. The van der Waals surface area contributed by atoms with Crippen molar-refractivity contribution in [1.29, 1.82) is 0 Å². The fourth-order valence-corrected chi connectivity index (χ4v) is 3.21. The molecule has 12 nitrogen and oxygen atoms in total. The number of benzene rings is 3. The van der Waals surface area contributed by atoms with Crippen LogP contribution >= 0.6 is 9.90 Å². The van der Waals surface area contributed by atoms with E-state index in [0.29, 0.717) is 0 Å². The van der Waals surface area contributed by atoms with Crippen molar-refractivity contribution in [3.8, 4) is 17.2 Å². The van der Waals surface area contributed by atoms with Gasteiger partial charge in [-0.1, -0.05) is 53.1 Å². The molecule has 0 fully saturated rings. The van der Waals surface area contributed by atoms with Crippen molar-refractivity contribution in [3.63, 3.8) is 0 Å². The highest BCUT2D eigenvalue weighted by Crippen LogP contribution is 2.14. The molecule has 0 bridgehead atoms. The van der Waals surface area contributed by atoms with Gasteiger partial charge in [0.15, 0.2) is 0 Å². The molecule has 206 valence electrons. The van der Waals surface area contributed by atoms with Crippen LogP contribution in [0.25, 0.3) is 0 Å². The summed E-state index contributed by atoms with van der Waals surface area (Å²) in [5, 5.41) is 0. The van der Waals surface area contributed by atoms with Gasteiger partial charge in [-0.3, -0.25) is 13.7 Å². The van der Waals surface area contributed by atoms with Gasteiger partial charge in [0, 0.05) is 0 Å². The van der Waals surface area contributed by atoms with Crippen LogP contribution in [0.3, 0.4) is 0 Å². The van der Waals surface area contributed by atoms with Gasteiger partial charge in [0.25, 0.3) is 0 Å². The Labute approximate surface area is 219 Å². The Kier molecular flexibility index (Phi) is 13.7. The van der Waals surface area contributed by atoms with Crippen LogP contribution in [0.2, 0.25) is 0 Å². The molecule has 0 saturated carbocycles. The van der Waals surface area contributed by atoms with E-state index in [-0.39, 0.29) is 27.1 Å². The molecule has 3 rings (SSSR count). The molecule has 0 spiro atoms. The van der Waals surface area contributed by atoms with E-state index in [1.54, 1.807) is 36.4 Å². The number of hydrogen-bond donors (Lipinski definition) is 3. The molecule has 3 N–H and O–H groups in total. The number of rotatable bonds is 6. The third-order valence-corrected chi connectivity index (χ3v) is 4.88. The van der Waals surface area contributed by atoms with Crippen LogP contribution in [-0.2, 0) is 31.2 Å². The molecule has 0 heterocycles. The first-order valence-corrected chi connectivity index (χ1v) is 13.7. The highest BCUT2D eigenvalue weighted by Gasteiger charge is 2.06. The maximum atomic E-state index is 10.2. The van der Waals surface area contributed by atoms with Crippen molar-refractivity contribution in [2.45, 2.75) is 20.8 Å². The Bertz CT molecular complexity index is 1240. The van der Waals surface area contributed by atoms with E-state index in [4.69, 9.17) is 13.7 Å². The van der Waals surface area contributed by atoms with E-state index in [9.17, 15) is 25.3 Å². The lowest BCUT2D eigenvalue weighted by Crippen LogP contribution is -2.06. The molecular formula is C21H27O12PS3. The molecule has 0 aliphatic carbocycles. The van der Waals surface area contributed by atoms with Gasteiger partial charge in [-0.25, -0.2) is 0 Å². The predicted molar refractivity (Wildman–Crippen MR) is 141 cm³/mol. The van der Waals surface area contributed by atoms with Crippen LogP contribution in [0, 0.1) is 20.8 Å². The second kappa shape index (κ2) is 14.8. The summed E-state index contributed by atoms with van der Waals surface area (Å²) in [4.78, 5) is 0. The zero-order valence-electron chi connectivity index (χ0n) is 19.9. The topological polar surface area (TPSA) is 191 Å². The van der Waals surface area contributed by atoms with Crippen molar-refractivity contribution >= 4 is 41.1 Å². The summed E-state index contributed by atoms with van der Waals surface area (Å²) in [6, 6.07) is 18.9. The Morgan fingerprint density at radius 1 is 0.432 bits per heavy atom. The first-order valence-electron chi connectivity index (χ1n) is 9.62. The third kappa shape index (κ3) is 18.2. The molecule has 37 heavy (non-hydrogen) atoms. The first-order chi connectivity index (χ1) is 16.4. The van der Waals surface area contributed by atoms with Crippen LogP contribution in [0.5, 0.6) is 17.2 Å². The van der Waals surface area contributed by atoms with Gasteiger partial charge in [0.05, 0.1) is 0 Å². The molecule has 0 radical (unpaired) electrons. The zero-order chi connectivity index (χ0) is 27.6. The van der Waals surface area contributed by atoms with Crippen LogP contribution in [-0.4, -0.2) is 38.9 Å². The van der Waals surface area contributed by atoms with E-state index in [2.05, 4.69) is 12.5 Å². The second-order valence-electron chi connectivity index (χ2n) is 6.97. The van der Waals surface area contributed by atoms with Gasteiger partial charge in [0.1, 0.15) is 17.2 Å². The molecule has 0 aromatic heterocycles. The summed E-state index contributed by atoms with van der Waals surface area (Å²) >= 11 is 0. The lowest BCUT2D eigenvalue weighted by atomic mass is 10.2. The van der Waals surface area contributed by atoms with Crippen molar-refractivity contribution in [3.05, 3.63) is 89.5 Å². The molecular weight excluding hydrogens is 571 g/mol. The largest absolute Gasteiger partial charge is 0.446 e. The van der Waals surface area contributed by atoms with Gasteiger partial charge in [-0.15, -0.1) is 0 Å². The highest BCUT2D eigenvalue weighted by molar-refractivity contribution is 7.81. The van der Waals surface area contributed by atoms with E-state index in [1.807, 2.05) is 20.8 Å². The summed E-state index contributed by atoms with van der Waals surface area (Å²) in [6.07, 6.45) is 0. The van der Waals surface area contributed by atoms with E-state index >= 15 is 0 Å². The monoisotopic (exact) mass is 598 g/mol. The minimum Gasteiger partial charge on any atom is -0.362 e. The van der Waals surface area contributed by atoms with E-state index < -0.39 is 31.2 Å².